The summed E-state index contributed by atoms with van der Waals surface area (Å²) in [5.41, 5.74) is 0.843. The van der Waals surface area contributed by atoms with E-state index in [1.165, 1.54) is 6.07 Å². The van der Waals surface area contributed by atoms with Crippen molar-refractivity contribution in [3.8, 4) is 5.75 Å². The minimum absolute atomic E-state index is 0.00423. The van der Waals surface area contributed by atoms with Gasteiger partial charge in [-0.05, 0) is 25.0 Å². The summed E-state index contributed by atoms with van der Waals surface area (Å²) in [5.74, 6) is 0.787. The molecule has 4 nitrogen and oxygen atoms in total. The van der Waals surface area contributed by atoms with E-state index < -0.39 is 4.92 Å². The summed E-state index contributed by atoms with van der Waals surface area (Å²) in [4.78, 5) is 10.3. The molecular formula is C10H12ClNO3. The van der Waals surface area contributed by atoms with Gasteiger partial charge in [0, 0.05) is 11.9 Å². The fraction of sp³-hybridized carbons (Fsp3) is 0.400. The highest BCUT2D eigenvalue weighted by Crippen LogP contribution is 2.27. The monoisotopic (exact) mass is 229 g/mol. The van der Waals surface area contributed by atoms with Gasteiger partial charge in [0.1, 0.15) is 0 Å². The van der Waals surface area contributed by atoms with Gasteiger partial charge in [-0.25, -0.2) is 0 Å². The summed E-state index contributed by atoms with van der Waals surface area (Å²) in [7, 11) is 0. The van der Waals surface area contributed by atoms with Crippen molar-refractivity contribution in [3.63, 3.8) is 0 Å². The summed E-state index contributed by atoms with van der Waals surface area (Å²) >= 11 is 5.48. The Morgan fingerprint density at radius 1 is 1.53 bits per heavy atom. The first kappa shape index (κ1) is 11.8. The number of benzene rings is 1. The zero-order valence-electron chi connectivity index (χ0n) is 8.40. The molecule has 0 N–H and O–H groups in total. The number of rotatable bonds is 5. The molecule has 82 valence electrons. The topological polar surface area (TPSA) is 52.4 Å². The van der Waals surface area contributed by atoms with Crippen LogP contribution in [0.3, 0.4) is 0 Å². The third kappa shape index (κ3) is 3.40. The standard InChI is InChI=1S/C10H12ClNO3/c1-8-3-4-10(15-6-2-5-11)9(7-8)12(13)14/h3-4,7H,2,5-6H2,1H3. The number of halogens is 1. The van der Waals surface area contributed by atoms with Crippen LogP contribution in [0.2, 0.25) is 0 Å². The highest BCUT2D eigenvalue weighted by atomic mass is 35.5. The van der Waals surface area contributed by atoms with Crippen molar-refractivity contribution in [3.05, 3.63) is 33.9 Å². The Labute approximate surface area is 93.0 Å². The van der Waals surface area contributed by atoms with E-state index in [1.807, 2.05) is 0 Å². The number of aryl methyl sites for hydroxylation is 1. The quantitative estimate of drug-likeness (QED) is 0.338. The second-order valence-electron chi connectivity index (χ2n) is 3.12. The molecule has 1 aromatic rings. The van der Waals surface area contributed by atoms with Crippen molar-refractivity contribution >= 4 is 17.3 Å². The number of alkyl halides is 1. The van der Waals surface area contributed by atoms with Crippen LogP contribution >= 0.6 is 11.6 Å². The number of ether oxygens (including phenoxy) is 1. The normalized spacial score (nSPS) is 10.0. The molecule has 0 spiro atoms. The highest BCUT2D eigenvalue weighted by molar-refractivity contribution is 6.17. The third-order valence-corrected chi connectivity index (χ3v) is 2.11. The molecule has 0 fully saturated rings. The van der Waals surface area contributed by atoms with Crippen molar-refractivity contribution in [2.24, 2.45) is 0 Å². The average molecular weight is 230 g/mol. The van der Waals surface area contributed by atoms with Crippen LogP contribution in [0.1, 0.15) is 12.0 Å². The van der Waals surface area contributed by atoms with Gasteiger partial charge < -0.3 is 4.74 Å². The Kier molecular flexibility index (Phi) is 4.37. The molecule has 0 aliphatic heterocycles. The van der Waals surface area contributed by atoms with Gasteiger partial charge in [-0.15, -0.1) is 11.6 Å². The van der Waals surface area contributed by atoms with Crippen LogP contribution < -0.4 is 4.74 Å². The molecule has 0 atom stereocenters. The number of nitro groups is 1. The van der Waals surface area contributed by atoms with Gasteiger partial charge in [-0.1, -0.05) is 6.07 Å². The lowest BCUT2D eigenvalue weighted by molar-refractivity contribution is -0.385. The summed E-state index contributed by atoms with van der Waals surface area (Å²) < 4.78 is 5.27. The maximum absolute atomic E-state index is 10.7. The maximum atomic E-state index is 10.7. The molecule has 0 aromatic heterocycles. The van der Waals surface area contributed by atoms with Gasteiger partial charge >= 0.3 is 5.69 Å². The van der Waals surface area contributed by atoms with E-state index in [-0.39, 0.29) is 5.69 Å². The maximum Gasteiger partial charge on any atom is 0.311 e. The first-order valence-corrected chi connectivity index (χ1v) is 5.12. The van der Waals surface area contributed by atoms with Crippen molar-refractivity contribution in [1.29, 1.82) is 0 Å². The molecule has 5 heteroatoms. The van der Waals surface area contributed by atoms with Crippen LogP contribution in [0.15, 0.2) is 18.2 Å². The average Bonchev–Trinajstić information content (AvgIpc) is 2.20. The van der Waals surface area contributed by atoms with Crippen LogP contribution in [0.5, 0.6) is 5.75 Å². The van der Waals surface area contributed by atoms with Gasteiger partial charge in [-0.3, -0.25) is 10.1 Å². The molecule has 0 heterocycles. The molecule has 0 bridgehead atoms. The molecule has 0 radical (unpaired) electrons. The molecule has 0 aliphatic carbocycles. The van der Waals surface area contributed by atoms with E-state index in [4.69, 9.17) is 16.3 Å². The largest absolute Gasteiger partial charge is 0.487 e. The summed E-state index contributed by atoms with van der Waals surface area (Å²) in [5, 5.41) is 10.7. The summed E-state index contributed by atoms with van der Waals surface area (Å²) in [6.45, 7) is 2.20. The van der Waals surface area contributed by atoms with Crippen LogP contribution in [0.4, 0.5) is 5.69 Å². The second kappa shape index (κ2) is 5.56. The first-order chi connectivity index (χ1) is 7.15. The zero-order valence-corrected chi connectivity index (χ0v) is 9.16. The number of nitro benzene ring substituents is 1. The smallest absolute Gasteiger partial charge is 0.311 e. The Hall–Kier alpha value is -1.29. The number of nitrogens with zero attached hydrogens (tertiary/aromatic N) is 1. The fourth-order valence-corrected chi connectivity index (χ4v) is 1.24. The van der Waals surface area contributed by atoms with Gasteiger partial charge in [0.25, 0.3) is 0 Å². The highest BCUT2D eigenvalue weighted by Gasteiger charge is 2.14. The minimum Gasteiger partial charge on any atom is -0.487 e. The molecule has 1 rings (SSSR count). The van der Waals surface area contributed by atoms with Crippen LogP contribution in [-0.4, -0.2) is 17.4 Å². The zero-order chi connectivity index (χ0) is 11.3. The number of hydrogen-bond donors (Lipinski definition) is 0. The third-order valence-electron chi connectivity index (χ3n) is 1.85. The Morgan fingerprint density at radius 2 is 2.27 bits per heavy atom. The first-order valence-electron chi connectivity index (χ1n) is 4.59. The van der Waals surface area contributed by atoms with Crippen molar-refractivity contribution in [2.75, 3.05) is 12.5 Å². The lowest BCUT2D eigenvalue weighted by atomic mass is 10.2. The van der Waals surface area contributed by atoms with Crippen molar-refractivity contribution in [2.45, 2.75) is 13.3 Å². The van der Waals surface area contributed by atoms with Crippen molar-refractivity contribution < 1.29 is 9.66 Å². The molecule has 0 aliphatic rings. The van der Waals surface area contributed by atoms with Crippen LogP contribution in [-0.2, 0) is 0 Å². The van der Waals surface area contributed by atoms with Crippen molar-refractivity contribution in [1.82, 2.24) is 0 Å². The van der Waals surface area contributed by atoms with E-state index in [1.54, 1.807) is 19.1 Å². The molecule has 0 saturated heterocycles. The van der Waals surface area contributed by atoms with Crippen LogP contribution in [0, 0.1) is 17.0 Å². The lowest BCUT2D eigenvalue weighted by Gasteiger charge is -2.05. The predicted octanol–water partition coefficient (Wildman–Crippen LogP) is 2.91. The predicted molar refractivity (Wildman–Crippen MR) is 58.7 cm³/mol. The number of hydrogen-bond acceptors (Lipinski definition) is 3. The lowest BCUT2D eigenvalue weighted by Crippen LogP contribution is -2.01. The molecular weight excluding hydrogens is 218 g/mol. The van der Waals surface area contributed by atoms with E-state index in [9.17, 15) is 10.1 Å². The molecule has 0 unspecified atom stereocenters. The van der Waals surface area contributed by atoms with Gasteiger partial charge in [0.05, 0.1) is 11.5 Å². The summed E-state index contributed by atoms with van der Waals surface area (Å²) in [6, 6.07) is 4.89. The van der Waals surface area contributed by atoms with Gasteiger partial charge in [-0.2, -0.15) is 0 Å². The molecule has 1 aromatic carbocycles. The van der Waals surface area contributed by atoms with Crippen LogP contribution in [0.25, 0.3) is 0 Å². The van der Waals surface area contributed by atoms with E-state index in [2.05, 4.69) is 0 Å². The second-order valence-corrected chi connectivity index (χ2v) is 3.50. The van der Waals surface area contributed by atoms with E-state index in [0.717, 1.165) is 5.56 Å². The van der Waals surface area contributed by atoms with E-state index >= 15 is 0 Å². The minimum atomic E-state index is -0.441. The van der Waals surface area contributed by atoms with Gasteiger partial charge in [0.15, 0.2) is 5.75 Å². The SMILES string of the molecule is Cc1ccc(OCCCCl)c([N+](=O)[O-])c1. The fourth-order valence-electron chi connectivity index (χ4n) is 1.13. The summed E-state index contributed by atoms with van der Waals surface area (Å²) in [6.07, 6.45) is 0.673. The Morgan fingerprint density at radius 3 is 2.87 bits per heavy atom. The Bertz CT molecular complexity index is 355. The molecule has 15 heavy (non-hydrogen) atoms. The van der Waals surface area contributed by atoms with E-state index in [0.29, 0.717) is 24.7 Å². The molecule has 0 amide bonds. The van der Waals surface area contributed by atoms with Gasteiger partial charge in [0.2, 0.25) is 0 Å². The molecule has 0 saturated carbocycles. The Balaban J connectivity index is 2.81.